The second-order valence-electron chi connectivity index (χ2n) is 4.51. The van der Waals surface area contributed by atoms with E-state index in [0.29, 0.717) is 0 Å². The zero-order valence-electron chi connectivity index (χ0n) is 12.2. The number of amides is 1. The standard InChI is InChI=1S/C15H11ClFN3O3/c1-8(21)4-3-5-13(22)18-11-6-9-10(7-12(11)23-2)19-20-15(16)14(9)17/h6-7H,4H2,1-2H3,(H,18,22). The van der Waals surface area contributed by atoms with Crippen molar-refractivity contribution in [2.45, 2.75) is 13.3 Å². The monoisotopic (exact) mass is 335 g/mol. The van der Waals surface area contributed by atoms with Gasteiger partial charge in [-0.15, -0.1) is 10.2 Å². The Kier molecular flexibility index (Phi) is 5.09. The van der Waals surface area contributed by atoms with Crippen LogP contribution in [0, 0.1) is 17.7 Å². The number of fused-ring (bicyclic) bond motifs is 1. The maximum atomic E-state index is 14.0. The maximum absolute atomic E-state index is 14.0. The number of ether oxygens (including phenoxy) is 1. The molecule has 0 aliphatic rings. The fraction of sp³-hybridized carbons (Fsp3) is 0.200. The first-order chi connectivity index (χ1) is 10.9. The quantitative estimate of drug-likeness (QED) is 0.871. The second-order valence-corrected chi connectivity index (χ2v) is 4.87. The molecule has 0 spiro atoms. The first-order valence-corrected chi connectivity index (χ1v) is 6.79. The molecule has 1 amide bonds. The van der Waals surface area contributed by atoms with Gasteiger partial charge in [-0.25, -0.2) is 4.39 Å². The van der Waals surface area contributed by atoms with Gasteiger partial charge < -0.3 is 10.1 Å². The van der Waals surface area contributed by atoms with Crippen LogP contribution in [0.3, 0.4) is 0 Å². The van der Waals surface area contributed by atoms with E-state index in [1.165, 1.54) is 26.2 Å². The van der Waals surface area contributed by atoms with Crippen molar-refractivity contribution in [3.8, 4) is 17.6 Å². The van der Waals surface area contributed by atoms with Crippen molar-refractivity contribution < 1.29 is 18.7 Å². The van der Waals surface area contributed by atoms with E-state index >= 15 is 0 Å². The minimum atomic E-state index is -0.752. The topological polar surface area (TPSA) is 81.2 Å². The minimum absolute atomic E-state index is 0.0257. The Labute approximate surface area is 136 Å². The summed E-state index contributed by atoms with van der Waals surface area (Å²) in [4.78, 5) is 22.5. The number of hydrogen-bond acceptors (Lipinski definition) is 5. The van der Waals surface area contributed by atoms with Crippen LogP contribution in [-0.4, -0.2) is 29.0 Å². The van der Waals surface area contributed by atoms with Crippen LogP contribution in [0.15, 0.2) is 12.1 Å². The Morgan fingerprint density at radius 1 is 1.39 bits per heavy atom. The van der Waals surface area contributed by atoms with E-state index in [0.717, 1.165) is 0 Å². The van der Waals surface area contributed by atoms with E-state index in [1.807, 2.05) is 0 Å². The van der Waals surface area contributed by atoms with Crippen molar-refractivity contribution in [1.82, 2.24) is 10.2 Å². The van der Waals surface area contributed by atoms with Crippen LogP contribution in [0.5, 0.6) is 5.75 Å². The lowest BCUT2D eigenvalue weighted by molar-refractivity contribution is -0.116. The van der Waals surface area contributed by atoms with Crippen molar-refractivity contribution in [2.75, 3.05) is 12.4 Å². The maximum Gasteiger partial charge on any atom is 0.300 e. The molecule has 0 unspecified atom stereocenters. The molecule has 23 heavy (non-hydrogen) atoms. The summed E-state index contributed by atoms with van der Waals surface area (Å²) in [5.41, 5.74) is 0.425. The van der Waals surface area contributed by atoms with E-state index < -0.39 is 11.7 Å². The molecule has 0 radical (unpaired) electrons. The Morgan fingerprint density at radius 2 is 2.13 bits per heavy atom. The molecule has 0 atom stereocenters. The molecule has 6 nitrogen and oxygen atoms in total. The number of methoxy groups -OCH3 is 1. The fourth-order valence-electron chi connectivity index (χ4n) is 1.75. The molecule has 0 bridgehead atoms. The number of halogens is 2. The molecule has 8 heteroatoms. The molecule has 0 aliphatic carbocycles. The summed E-state index contributed by atoms with van der Waals surface area (Å²) in [6.45, 7) is 1.37. The molecule has 0 aliphatic heterocycles. The van der Waals surface area contributed by atoms with Gasteiger partial charge in [-0.3, -0.25) is 9.59 Å². The van der Waals surface area contributed by atoms with Gasteiger partial charge in [0.25, 0.3) is 5.91 Å². The second kappa shape index (κ2) is 7.03. The van der Waals surface area contributed by atoms with Crippen molar-refractivity contribution in [3.05, 3.63) is 23.1 Å². The molecule has 1 heterocycles. The molecule has 0 saturated carbocycles. The lowest BCUT2D eigenvalue weighted by atomic mass is 10.2. The summed E-state index contributed by atoms with van der Waals surface area (Å²) in [5.74, 6) is 3.40. The number of carbonyl (C=O) groups excluding carboxylic acids is 2. The highest BCUT2D eigenvalue weighted by Gasteiger charge is 2.14. The molecule has 2 aromatic rings. The summed E-state index contributed by atoms with van der Waals surface area (Å²) in [6, 6.07) is 2.75. The van der Waals surface area contributed by atoms with Gasteiger partial charge in [-0.1, -0.05) is 17.5 Å². The van der Waals surface area contributed by atoms with Crippen LogP contribution in [0.2, 0.25) is 5.15 Å². The molecular weight excluding hydrogens is 325 g/mol. The van der Waals surface area contributed by atoms with Crippen LogP contribution >= 0.6 is 11.6 Å². The normalized spacial score (nSPS) is 9.91. The summed E-state index contributed by atoms with van der Waals surface area (Å²) >= 11 is 5.60. The number of nitrogens with zero attached hydrogens (tertiary/aromatic N) is 2. The number of benzene rings is 1. The van der Waals surface area contributed by atoms with Crippen LogP contribution in [0.25, 0.3) is 10.9 Å². The SMILES string of the molecule is COc1cc2nnc(Cl)c(F)c2cc1NC(=O)C#CCC(C)=O. The average Bonchev–Trinajstić information content (AvgIpc) is 2.50. The van der Waals surface area contributed by atoms with Crippen molar-refractivity contribution in [2.24, 2.45) is 0 Å². The highest BCUT2D eigenvalue weighted by molar-refractivity contribution is 6.30. The van der Waals surface area contributed by atoms with E-state index in [2.05, 4.69) is 27.4 Å². The predicted octanol–water partition coefficient (Wildman–Crippen LogP) is 2.35. The van der Waals surface area contributed by atoms with Gasteiger partial charge in [0.2, 0.25) is 0 Å². The van der Waals surface area contributed by atoms with E-state index in [9.17, 15) is 14.0 Å². The largest absolute Gasteiger partial charge is 0.494 e. The van der Waals surface area contributed by atoms with Crippen molar-refractivity contribution in [1.29, 1.82) is 0 Å². The first kappa shape index (κ1) is 16.6. The Bertz CT molecular complexity index is 858. The van der Waals surface area contributed by atoms with E-state index in [4.69, 9.17) is 16.3 Å². The summed E-state index contributed by atoms with van der Waals surface area (Å²) in [7, 11) is 1.39. The fourth-order valence-corrected chi connectivity index (χ4v) is 1.89. The lowest BCUT2D eigenvalue weighted by Crippen LogP contribution is -2.10. The van der Waals surface area contributed by atoms with Crippen LogP contribution < -0.4 is 10.1 Å². The van der Waals surface area contributed by atoms with Crippen LogP contribution in [-0.2, 0) is 9.59 Å². The predicted molar refractivity (Wildman–Crippen MR) is 82.8 cm³/mol. The number of anilines is 1. The number of rotatable bonds is 3. The summed E-state index contributed by atoms with van der Waals surface area (Å²) < 4.78 is 19.1. The third-order valence-electron chi connectivity index (χ3n) is 2.77. The van der Waals surface area contributed by atoms with E-state index in [1.54, 1.807) is 0 Å². The zero-order chi connectivity index (χ0) is 17.0. The van der Waals surface area contributed by atoms with Gasteiger partial charge in [0, 0.05) is 11.5 Å². The Morgan fingerprint density at radius 3 is 2.78 bits per heavy atom. The van der Waals surface area contributed by atoms with Gasteiger partial charge in [-0.2, -0.15) is 0 Å². The highest BCUT2D eigenvalue weighted by Crippen LogP contribution is 2.31. The number of hydrogen-bond donors (Lipinski definition) is 1. The summed E-state index contributed by atoms with van der Waals surface area (Å²) in [6.07, 6.45) is -0.0257. The number of ketones is 1. The average molecular weight is 336 g/mol. The van der Waals surface area contributed by atoms with E-state index in [-0.39, 0.29) is 39.7 Å². The molecule has 1 N–H and O–H groups in total. The van der Waals surface area contributed by atoms with Gasteiger partial charge in [0.05, 0.1) is 24.7 Å². The molecule has 0 saturated heterocycles. The molecule has 118 valence electrons. The third-order valence-corrected chi connectivity index (χ3v) is 3.01. The van der Waals surface area contributed by atoms with Crippen molar-refractivity contribution in [3.63, 3.8) is 0 Å². The number of aromatic nitrogens is 2. The molecule has 0 fully saturated rings. The van der Waals surface area contributed by atoms with Gasteiger partial charge in [0.15, 0.2) is 11.0 Å². The van der Waals surface area contributed by atoms with Crippen molar-refractivity contribution >= 4 is 39.9 Å². The van der Waals surface area contributed by atoms with Crippen LogP contribution in [0.4, 0.5) is 10.1 Å². The molecule has 2 rings (SSSR count). The lowest BCUT2D eigenvalue weighted by Gasteiger charge is -2.10. The number of nitrogens with one attached hydrogen (secondary N) is 1. The third kappa shape index (κ3) is 3.93. The van der Waals surface area contributed by atoms with Crippen LogP contribution in [0.1, 0.15) is 13.3 Å². The van der Waals surface area contributed by atoms with Gasteiger partial charge in [-0.05, 0) is 18.9 Å². The minimum Gasteiger partial charge on any atom is -0.494 e. The molecular formula is C15H11ClFN3O3. The highest BCUT2D eigenvalue weighted by atomic mass is 35.5. The smallest absolute Gasteiger partial charge is 0.300 e. The Balaban J connectivity index is 2.38. The number of carbonyl (C=O) groups is 2. The summed E-state index contributed by atoms with van der Waals surface area (Å²) in [5, 5.41) is 9.41. The Hall–Kier alpha value is -2.72. The van der Waals surface area contributed by atoms with Gasteiger partial charge in [0.1, 0.15) is 11.5 Å². The zero-order valence-corrected chi connectivity index (χ0v) is 13.0. The first-order valence-electron chi connectivity index (χ1n) is 6.41. The molecule has 1 aromatic heterocycles. The number of Topliss-reactive ketones (excluding diaryl/α,β-unsaturated/α-hetero) is 1. The van der Waals surface area contributed by atoms with Gasteiger partial charge >= 0.3 is 0 Å². The molecule has 1 aromatic carbocycles.